The number of anilines is 1. The summed E-state index contributed by atoms with van der Waals surface area (Å²) in [7, 11) is 0. The van der Waals surface area contributed by atoms with Crippen LogP contribution in [-0.4, -0.2) is 17.6 Å². The van der Waals surface area contributed by atoms with Gasteiger partial charge in [-0.05, 0) is 37.6 Å². The number of piperidine rings is 1. The maximum Gasteiger partial charge on any atom is 0.237 e. The largest absolute Gasteiger partial charge is 0.295 e. The molecule has 0 bridgehead atoms. The zero-order valence-electron chi connectivity index (χ0n) is 9.34. The van der Waals surface area contributed by atoms with Crippen molar-refractivity contribution < 1.29 is 14.4 Å². The van der Waals surface area contributed by atoms with E-state index < -0.39 is 0 Å². The van der Waals surface area contributed by atoms with Gasteiger partial charge in [-0.15, -0.1) is 0 Å². The van der Waals surface area contributed by atoms with Gasteiger partial charge in [-0.1, -0.05) is 0 Å². The highest BCUT2D eigenvalue weighted by atomic mass is 16.2. The van der Waals surface area contributed by atoms with E-state index >= 15 is 0 Å². The van der Waals surface area contributed by atoms with Gasteiger partial charge in [-0.25, -0.2) is 0 Å². The minimum atomic E-state index is -0.101. The van der Waals surface area contributed by atoms with Crippen molar-refractivity contribution in [3.05, 3.63) is 29.8 Å². The van der Waals surface area contributed by atoms with E-state index in [0.717, 1.165) is 0 Å². The van der Waals surface area contributed by atoms with Crippen molar-refractivity contribution in [1.82, 2.24) is 0 Å². The lowest BCUT2D eigenvalue weighted by Crippen LogP contribution is -2.32. The molecule has 4 heteroatoms. The summed E-state index contributed by atoms with van der Waals surface area (Å²) in [5.41, 5.74) is 1.15. The van der Waals surface area contributed by atoms with Gasteiger partial charge in [0, 0.05) is 5.56 Å². The highest BCUT2D eigenvalue weighted by molar-refractivity contribution is 6.24. The first-order valence-corrected chi connectivity index (χ1v) is 5.58. The monoisotopic (exact) mass is 229 g/mol. The highest BCUT2D eigenvalue weighted by Crippen LogP contribution is 2.48. The molecule has 2 unspecified atom stereocenters. The second-order valence-corrected chi connectivity index (χ2v) is 4.56. The SMILES string of the molecule is CC(=O)c1ccc(N2C(=O)C3CC3C2=O)cc1. The first kappa shape index (κ1) is 10.2. The number of carbonyl (C=O) groups is 3. The fourth-order valence-corrected chi connectivity index (χ4v) is 2.28. The number of rotatable bonds is 2. The second-order valence-electron chi connectivity index (χ2n) is 4.56. The molecular formula is C13H11NO3. The van der Waals surface area contributed by atoms with Crippen LogP contribution in [0.4, 0.5) is 5.69 Å². The van der Waals surface area contributed by atoms with Crippen LogP contribution in [0.15, 0.2) is 24.3 Å². The predicted molar refractivity (Wildman–Crippen MR) is 60.5 cm³/mol. The molecule has 1 aromatic carbocycles. The number of benzene rings is 1. The van der Waals surface area contributed by atoms with Crippen LogP contribution in [0, 0.1) is 11.8 Å². The standard InChI is InChI=1S/C13H11NO3/c1-7(15)8-2-4-9(5-3-8)14-12(16)10-6-11(10)13(14)17/h2-5,10-11H,6H2,1H3. The summed E-state index contributed by atoms with van der Waals surface area (Å²) in [6.07, 6.45) is 0.708. The average Bonchev–Trinajstić information content (AvgIpc) is 3.05. The van der Waals surface area contributed by atoms with E-state index in [-0.39, 0.29) is 29.4 Å². The normalized spacial score (nSPS) is 26.1. The molecule has 1 saturated carbocycles. The van der Waals surface area contributed by atoms with E-state index in [1.807, 2.05) is 0 Å². The molecule has 4 nitrogen and oxygen atoms in total. The molecule has 2 fully saturated rings. The quantitative estimate of drug-likeness (QED) is 0.569. The zero-order valence-corrected chi connectivity index (χ0v) is 9.34. The van der Waals surface area contributed by atoms with Crippen molar-refractivity contribution in [2.75, 3.05) is 4.90 Å². The minimum absolute atomic E-state index is 0.0292. The average molecular weight is 229 g/mol. The Bertz CT molecular complexity index is 512. The molecule has 1 aliphatic heterocycles. The number of Topliss-reactive ketones (excluding diaryl/α,β-unsaturated/α-hetero) is 1. The van der Waals surface area contributed by atoms with Crippen LogP contribution in [0.2, 0.25) is 0 Å². The molecule has 17 heavy (non-hydrogen) atoms. The lowest BCUT2D eigenvalue weighted by atomic mass is 10.1. The van der Waals surface area contributed by atoms with Gasteiger partial charge in [0.2, 0.25) is 11.8 Å². The van der Waals surface area contributed by atoms with Crippen LogP contribution in [0.5, 0.6) is 0 Å². The molecular weight excluding hydrogens is 218 g/mol. The molecule has 1 aromatic rings. The Labute approximate surface area is 98.2 Å². The number of fused-ring (bicyclic) bond motifs is 1. The van der Waals surface area contributed by atoms with E-state index in [2.05, 4.69) is 0 Å². The van der Waals surface area contributed by atoms with Gasteiger partial charge in [0.05, 0.1) is 17.5 Å². The summed E-state index contributed by atoms with van der Waals surface area (Å²) in [6.45, 7) is 1.48. The lowest BCUT2D eigenvalue weighted by Gasteiger charge is -2.16. The smallest absolute Gasteiger partial charge is 0.237 e. The zero-order chi connectivity index (χ0) is 12.2. The van der Waals surface area contributed by atoms with Crippen molar-refractivity contribution in [3.8, 4) is 0 Å². The summed E-state index contributed by atoms with van der Waals surface area (Å²) < 4.78 is 0. The highest BCUT2D eigenvalue weighted by Gasteiger charge is 2.59. The Balaban J connectivity index is 1.92. The van der Waals surface area contributed by atoms with Crippen LogP contribution >= 0.6 is 0 Å². The number of hydrogen-bond acceptors (Lipinski definition) is 3. The van der Waals surface area contributed by atoms with Gasteiger partial charge in [-0.2, -0.15) is 0 Å². The predicted octanol–water partition coefficient (Wildman–Crippen LogP) is 1.40. The van der Waals surface area contributed by atoms with Gasteiger partial charge in [0.25, 0.3) is 0 Å². The molecule has 0 radical (unpaired) electrons. The first-order valence-electron chi connectivity index (χ1n) is 5.58. The van der Waals surface area contributed by atoms with Gasteiger partial charge in [-0.3, -0.25) is 19.3 Å². The molecule has 0 aromatic heterocycles. The third-order valence-electron chi connectivity index (χ3n) is 3.40. The Morgan fingerprint density at radius 2 is 1.65 bits per heavy atom. The van der Waals surface area contributed by atoms with Crippen molar-refractivity contribution in [3.63, 3.8) is 0 Å². The van der Waals surface area contributed by atoms with Gasteiger partial charge < -0.3 is 0 Å². The summed E-state index contributed by atoms with van der Waals surface area (Å²) in [4.78, 5) is 36.0. The van der Waals surface area contributed by atoms with Gasteiger partial charge in [0.1, 0.15) is 0 Å². The number of nitrogens with zero attached hydrogens (tertiary/aromatic N) is 1. The number of carbonyl (C=O) groups excluding carboxylic acids is 3. The molecule has 3 rings (SSSR count). The van der Waals surface area contributed by atoms with Crippen molar-refractivity contribution in [2.24, 2.45) is 11.8 Å². The minimum Gasteiger partial charge on any atom is -0.295 e. The third kappa shape index (κ3) is 1.40. The fourth-order valence-electron chi connectivity index (χ4n) is 2.28. The summed E-state index contributed by atoms with van der Waals surface area (Å²) in [5.74, 6) is -0.408. The second kappa shape index (κ2) is 3.26. The van der Waals surface area contributed by atoms with Crippen LogP contribution in [0.25, 0.3) is 0 Å². The van der Waals surface area contributed by atoms with Crippen LogP contribution < -0.4 is 4.90 Å². The van der Waals surface area contributed by atoms with Crippen LogP contribution in [0.3, 0.4) is 0 Å². The molecule has 0 spiro atoms. The Hall–Kier alpha value is -1.97. The van der Waals surface area contributed by atoms with E-state index in [0.29, 0.717) is 17.7 Å². The molecule has 2 aliphatic rings. The van der Waals surface area contributed by atoms with Gasteiger partial charge >= 0.3 is 0 Å². The maximum absolute atomic E-state index is 11.8. The first-order chi connectivity index (χ1) is 8.09. The maximum atomic E-state index is 11.8. The van der Waals surface area contributed by atoms with Crippen molar-refractivity contribution >= 4 is 23.3 Å². The Morgan fingerprint density at radius 3 is 2.12 bits per heavy atom. The van der Waals surface area contributed by atoms with E-state index in [1.165, 1.54) is 11.8 Å². The summed E-state index contributed by atoms with van der Waals surface area (Å²) >= 11 is 0. The fraction of sp³-hybridized carbons (Fsp3) is 0.308. The van der Waals surface area contributed by atoms with Gasteiger partial charge in [0.15, 0.2) is 5.78 Å². The molecule has 0 N–H and O–H groups in total. The molecule has 86 valence electrons. The number of hydrogen-bond donors (Lipinski definition) is 0. The lowest BCUT2D eigenvalue weighted by molar-refractivity contribution is -0.123. The third-order valence-corrected chi connectivity index (χ3v) is 3.40. The molecule has 1 heterocycles. The molecule has 2 amide bonds. The topological polar surface area (TPSA) is 54.5 Å². The van der Waals surface area contributed by atoms with E-state index in [1.54, 1.807) is 24.3 Å². The van der Waals surface area contributed by atoms with Crippen molar-refractivity contribution in [2.45, 2.75) is 13.3 Å². The van der Waals surface area contributed by atoms with Crippen molar-refractivity contribution in [1.29, 1.82) is 0 Å². The number of imide groups is 1. The van der Waals surface area contributed by atoms with Crippen LogP contribution in [-0.2, 0) is 9.59 Å². The molecule has 1 saturated heterocycles. The Kier molecular flexibility index (Phi) is 1.96. The van der Waals surface area contributed by atoms with E-state index in [4.69, 9.17) is 0 Å². The Morgan fingerprint density at radius 1 is 1.12 bits per heavy atom. The van der Waals surface area contributed by atoms with E-state index in [9.17, 15) is 14.4 Å². The number of ketones is 1. The summed E-state index contributed by atoms with van der Waals surface area (Å²) in [6, 6.07) is 6.58. The van der Waals surface area contributed by atoms with Crippen LogP contribution in [0.1, 0.15) is 23.7 Å². The number of amides is 2. The summed E-state index contributed by atoms with van der Waals surface area (Å²) in [5, 5.41) is 0. The molecule has 1 aliphatic carbocycles. The molecule has 2 atom stereocenters.